The van der Waals surface area contributed by atoms with Crippen molar-refractivity contribution >= 4 is 27.0 Å². The average molecular weight is 533 g/mol. The topological polar surface area (TPSA) is 98.5 Å². The van der Waals surface area contributed by atoms with Crippen LogP contribution in [0.2, 0.25) is 0 Å². The van der Waals surface area contributed by atoms with E-state index in [2.05, 4.69) is 9.72 Å². The molecular weight excluding hydrogens is 509 g/mol. The zero-order valence-electron chi connectivity index (χ0n) is 20.3. The molecule has 194 valence electrons. The first kappa shape index (κ1) is 26.4. The number of halogens is 3. The Hall–Kier alpha value is -3.70. The molecule has 1 N–H and O–H groups in total. The van der Waals surface area contributed by atoms with Gasteiger partial charge in [-0.1, -0.05) is 38.1 Å². The molecule has 4 rings (SSSR count). The van der Waals surface area contributed by atoms with Gasteiger partial charge in [0.25, 0.3) is 10.0 Å². The van der Waals surface area contributed by atoms with Gasteiger partial charge in [0.1, 0.15) is 17.6 Å². The standard InChI is InChI=1S/C26H23F3N2O5S/c1-13(2)17-6-5-7-18(12-17)37(34,35)31-22(21(28)19-20(27)14(3)24(29)30-25(19)31)23(32)15-8-10-16(11-9-15)26(33)36-4/h5-13,23,32H,1-4H3. The third-order valence-corrected chi connectivity index (χ3v) is 7.81. The maximum absolute atomic E-state index is 15.8. The third kappa shape index (κ3) is 4.38. The fourth-order valence-electron chi connectivity index (χ4n) is 3.97. The van der Waals surface area contributed by atoms with E-state index in [0.29, 0.717) is 9.54 Å². The molecule has 0 aliphatic rings. The van der Waals surface area contributed by atoms with Gasteiger partial charge >= 0.3 is 5.97 Å². The van der Waals surface area contributed by atoms with Crippen LogP contribution < -0.4 is 0 Å². The number of aliphatic hydroxyl groups is 1. The van der Waals surface area contributed by atoms with Gasteiger partial charge in [-0.05, 0) is 48.2 Å². The molecule has 0 saturated carbocycles. The van der Waals surface area contributed by atoms with Crippen molar-refractivity contribution in [2.45, 2.75) is 37.7 Å². The molecule has 11 heteroatoms. The lowest BCUT2D eigenvalue weighted by Gasteiger charge is -2.17. The van der Waals surface area contributed by atoms with E-state index in [1.807, 2.05) is 13.8 Å². The highest BCUT2D eigenvalue weighted by Gasteiger charge is 2.35. The number of nitrogens with zero attached hydrogens (tertiary/aromatic N) is 2. The molecule has 2 heterocycles. The second-order valence-corrected chi connectivity index (χ2v) is 10.5. The van der Waals surface area contributed by atoms with Crippen LogP contribution in [0.5, 0.6) is 0 Å². The molecule has 0 saturated heterocycles. The largest absolute Gasteiger partial charge is 0.465 e. The molecule has 0 aliphatic heterocycles. The highest BCUT2D eigenvalue weighted by molar-refractivity contribution is 7.90. The van der Waals surface area contributed by atoms with Crippen LogP contribution in [0.4, 0.5) is 13.2 Å². The Morgan fingerprint density at radius 2 is 1.68 bits per heavy atom. The van der Waals surface area contributed by atoms with Crippen molar-refractivity contribution in [1.29, 1.82) is 0 Å². The molecule has 0 bridgehead atoms. The molecule has 0 spiro atoms. The number of carbonyl (C=O) groups is 1. The monoisotopic (exact) mass is 532 g/mol. The van der Waals surface area contributed by atoms with Crippen molar-refractivity contribution in [1.82, 2.24) is 8.96 Å². The zero-order chi connectivity index (χ0) is 27.2. The van der Waals surface area contributed by atoms with Crippen molar-refractivity contribution in [2.75, 3.05) is 7.11 Å². The van der Waals surface area contributed by atoms with E-state index in [-0.39, 0.29) is 21.9 Å². The van der Waals surface area contributed by atoms with Gasteiger partial charge in [0.15, 0.2) is 11.5 Å². The summed E-state index contributed by atoms with van der Waals surface area (Å²) in [7, 11) is -3.53. The normalized spacial score (nSPS) is 12.8. The molecule has 1 unspecified atom stereocenters. The summed E-state index contributed by atoms with van der Waals surface area (Å²) < 4.78 is 77.9. The van der Waals surface area contributed by atoms with E-state index in [1.54, 1.807) is 6.07 Å². The summed E-state index contributed by atoms with van der Waals surface area (Å²) in [5.74, 6) is -4.78. The lowest BCUT2D eigenvalue weighted by Crippen LogP contribution is -2.20. The Balaban J connectivity index is 2.03. The minimum absolute atomic E-state index is 0.0145. The van der Waals surface area contributed by atoms with E-state index in [0.717, 1.165) is 6.92 Å². The number of rotatable bonds is 6. The van der Waals surface area contributed by atoms with Gasteiger partial charge in [0.2, 0.25) is 5.95 Å². The number of fused-ring (bicyclic) bond motifs is 1. The van der Waals surface area contributed by atoms with Gasteiger partial charge in [0.05, 0.1) is 23.0 Å². The van der Waals surface area contributed by atoms with Crippen LogP contribution in [0.15, 0.2) is 53.4 Å². The number of hydrogen-bond donors (Lipinski definition) is 1. The molecular formula is C26H23F3N2O5S. The highest BCUT2D eigenvalue weighted by Crippen LogP contribution is 2.37. The van der Waals surface area contributed by atoms with Crippen molar-refractivity contribution in [2.24, 2.45) is 0 Å². The van der Waals surface area contributed by atoms with Gasteiger partial charge < -0.3 is 9.84 Å². The Morgan fingerprint density at radius 1 is 1.03 bits per heavy atom. The summed E-state index contributed by atoms with van der Waals surface area (Å²) in [6.07, 6.45) is -1.95. The number of ether oxygens (including phenoxy) is 1. The fourth-order valence-corrected chi connectivity index (χ4v) is 5.52. The molecule has 0 fully saturated rings. The molecule has 2 aromatic heterocycles. The summed E-state index contributed by atoms with van der Waals surface area (Å²) in [6, 6.07) is 10.9. The van der Waals surface area contributed by atoms with Crippen LogP contribution in [0.3, 0.4) is 0 Å². The van der Waals surface area contributed by atoms with Gasteiger partial charge in [-0.2, -0.15) is 9.37 Å². The molecule has 37 heavy (non-hydrogen) atoms. The highest BCUT2D eigenvalue weighted by atomic mass is 32.2. The lowest BCUT2D eigenvalue weighted by atomic mass is 10.0. The summed E-state index contributed by atoms with van der Waals surface area (Å²) in [4.78, 5) is 15.0. The van der Waals surface area contributed by atoms with Gasteiger partial charge in [-0.25, -0.2) is 26.0 Å². The number of hydrogen-bond acceptors (Lipinski definition) is 6. The van der Waals surface area contributed by atoms with E-state index in [1.165, 1.54) is 49.6 Å². The number of benzene rings is 2. The summed E-state index contributed by atoms with van der Waals surface area (Å²) in [5, 5.41) is 10.3. The van der Waals surface area contributed by atoms with E-state index < -0.39 is 62.0 Å². The number of methoxy groups -OCH3 is 1. The first-order valence-corrected chi connectivity index (χ1v) is 12.6. The predicted octanol–water partition coefficient (Wildman–Crippen LogP) is 4.99. The van der Waals surface area contributed by atoms with Gasteiger partial charge in [-0.3, -0.25) is 0 Å². The van der Waals surface area contributed by atoms with Crippen LogP contribution in [-0.4, -0.2) is 35.6 Å². The zero-order valence-corrected chi connectivity index (χ0v) is 21.1. The van der Waals surface area contributed by atoms with Crippen LogP contribution in [-0.2, 0) is 14.8 Å². The Kier molecular flexibility index (Phi) is 6.87. The summed E-state index contributed by atoms with van der Waals surface area (Å²) in [6.45, 7) is 4.73. The third-order valence-electron chi connectivity index (χ3n) is 6.11. The average Bonchev–Trinajstić information content (AvgIpc) is 3.18. The predicted molar refractivity (Wildman–Crippen MR) is 129 cm³/mol. The first-order chi connectivity index (χ1) is 17.4. The number of aromatic nitrogens is 2. The van der Waals surface area contributed by atoms with Crippen molar-refractivity contribution in [3.05, 3.63) is 94.1 Å². The Morgan fingerprint density at radius 3 is 2.27 bits per heavy atom. The van der Waals surface area contributed by atoms with Crippen LogP contribution in [0.1, 0.15) is 58.6 Å². The molecule has 4 aromatic rings. The minimum Gasteiger partial charge on any atom is -0.465 e. The molecule has 0 aliphatic carbocycles. The van der Waals surface area contributed by atoms with Crippen LogP contribution in [0, 0.1) is 24.5 Å². The first-order valence-electron chi connectivity index (χ1n) is 11.2. The molecule has 0 radical (unpaired) electrons. The van der Waals surface area contributed by atoms with Crippen molar-refractivity contribution in [3.8, 4) is 0 Å². The molecule has 1 atom stereocenters. The molecule has 7 nitrogen and oxygen atoms in total. The molecule has 2 aromatic carbocycles. The summed E-state index contributed by atoms with van der Waals surface area (Å²) >= 11 is 0. The second kappa shape index (κ2) is 9.64. The number of pyridine rings is 1. The number of esters is 1. The quantitative estimate of drug-likeness (QED) is 0.278. The fraction of sp³-hybridized carbons (Fsp3) is 0.231. The van der Waals surface area contributed by atoms with E-state index in [9.17, 15) is 22.7 Å². The van der Waals surface area contributed by atoms with Crippen LogP contribution in [0.25, 0.3) is 11.0 Å². The lowest BCUT2D eigenvalue weighted by molar-refractivity contribution is 0.0600. The minimum atomic E-state index is -4.71. The SMILES string of the molecule is COC(=O)c1ccc(C(O)c2c(F)c3c(F)c(C)c(F)nc3n2S(=O)(=O)c2cccc(C(C)C)c2)cc1. The maximum atomic E-state index is 15.8. The van der Waals surface area contributed by atoms with Crippen LogP contribution >= 0.6 is 0 Å². The Labute approximate surface area is 211 Å². The smallest absolute Gasteiger partial charge is 0.337 e. The van der Waals surface area contributed by atoms with E-state index >= 15 is 8.78 Å². The maximum Gasteiger partial charge on any atom is 0.337 e. The summed E-state index contributed by atoms with van der Waals surface area (Å²) in [5.41, 5.74) is -1.53. The molecule has 0 amide bonds. The van der Waals surface area contributed by atoms with Crippen molar-refractivity contribution < 1.29 is 36.2 Å². The Bertz CT molecular complexity index is 1630. The number of aliphatic hydroxyl groups excluding tert-OH is 1. The number of carbonyl (C=O) groups excluding carboxylic acids is 1. The van der Waals surface area contributed by atoms with Gasteiger partial charge in [-0.15, -0.1) is 0 Å². The van der Waals surface area contributed by atoms with Crippen molar-refractivity contribution in [3.63, 3.8) is 0 Å². The second-order valence-electron chi connectivity index (χ2n) is 8.75. The van der Waals surface area contributed by atoms with E-state index in [4.69, 9.17) is 0 Å². The van der Waals surface area contributed by atoms with Gasteiger partial charge in [0, 0.05) is 5.56 Å².